The zero-order chi connectivity index (χ0) is 72.2. The van der Waals surface area contributed by atoms with E-state index in [0.29, 0.717) is 0 Å². The summed E-state index contributed by atoms with van der Waals surface area (Å²) in [5, 5.41) is 1.58. The number of hydrogen-bond donors (Lipinski definition) is 0. The summed E-state index contributed by atoms with van der Waals surface area (Å²) >= 11 is 0. The van der Waals surface area contributed by atoms with Crippen molar-refractivity contribution in [1.29, 1.82) is 0 Å². The Morgan fingerprint density at radius 3 is 0.918 bits per heavy atom. The molecule has 70 radical (unpaired) electrons. The summed E-state index contributed by atoms with van der Waals surface area (Å²) in [6.07, 6.45) is 0. The van der Waals surface area contributed by atoms with Gasteiger partial charge in [0.1, 0.15) is 275 Å². The third-order valence-electron chi connectivity index (χ3n) is 18.8. The maximum atomic E-state index is 7.38. The lowest BCUT2D eigenvalue weighted by Gasteiger charge is -2.36. The van der Waals surface area contributed by atoms with Gasteiger partial charge in [-0.1, -0.05) is 149 Å². The molecule has 0 aliphatic carbocycles. The van der Waals surface area contributed by atoms with Crippen LogP contribution < -0.4 is 196 Å². The highest BCUT2D eigenvalue weighted by molar-refractivity contribution is 6.78. The van der Waals surface area contributed by atoms with Crippen molar-refractivity contribution in [3.05, 3.63) is 36.4 Å². The Morgan fingerprint density at radius 2 is 0.459 bits per heavy atom. The average molecular weight is 1140 g/mol. The average Bonchev–Trinajstić information content (AvgIpc) is 0.716. The molecule has 0 saturated heterocycles. The van der Waals surface area contributed by atoms with Crippen molar-refractivity contribution >= 4 is 537 Å². The van der Waals surface area contributed by atoms with Crippen LogP contribution in [0.15, 0.2) is 36.4 Å². The summed E-state index contributed by atoms with van der Waals surface area (Å²) in [5.41, 5.74) is -2.86. The molecule has 98 heavy (non-hydrogen) atoms. The molecule has 0 fully saturated rings. The summed E-state index contributed by atoms with van der Waals surface area (Å²) in [5.74, 6) is 0. The van der Waals surface area contributed by atoms with E-state index in [9.17, 15) is 0 Å². The van der Waals surface area contributed by atoms with E-state index in [-0.39, 0.29) is 307 Å². The van der Waals surface area contributed by atoms with E-state index in [4.69, 9.17) is 275 Å². The molecule has 0 saturated carbocycles. The highest BCUT2D eigenvalue weighted by Gasteiger charge is 2.31. The molecule has 1 nitrogen and oxygen atoms in total. The Bertz CT molecular complexity index is 5740. The molecule has 0 N–H and O–H groups in total. The van der Waals surface area contributed by atoms with Crippen LogP contribution in [0.5, 0.6) is 0 Å². The predicted octanol–water partition coefficient (Wildman–Crippen LogP) is -24.6. The number of hydrogen-bond acceptors (Lipinski definition) is 1. The molecule has 0 spiro atoms. The third-order valence-corrected chi connectivity index (χ3v) is 18.8. The lowest BCUT2D eigenvalue weighted by molar-refractivity contribution is 1.33. The van der Waals surface area contributed by atoms with E-state index in [1.807, 2.05) is 0 Å². The standard InChI is InChI=1S/C62H6B35N/c63-11-1-7(2-12(64)22(11)18-8-3-15(67)35(71)39(75)19(8)26-30(37(18)73)48(84)58(94)54(90)44(26)80)98(62-16(68)5-10(34(70)61(62)97)20-25-28(46(82)56(92)53(89)43(25)79)29-31(38(20)74)49(85)59(95)57(93)47(29)83)17-6-14(66)24(42(78)36(17)72)23-13(65)4-9(33(69)41(23)77)21-27-32(50(86)52(88)40(21)76)51(87)60(96)55(91)45(27)81/h1-6H. The van der Waals surface area contributed by atoms with E-state index in [2.05, 4.69) is 0 Å². The van der Waals surface area contributed by atoms with Gasteiger partial charge in [0.2, 0.25) is 0 Å². The Kier molecular flexibility index (Phi) is 18.5. The molecule has 0 bridgehead atoms. The Balaban J connectivity index is 1.16. The van der Waals surface area contributed by atoms with E-state index in [1.165, 1.54) is 41.3 Å². The van der Waals surface area contributed by atoms with Crippen molar-refractivity contribution in [2.45, 2.75) is 0 Å². The molecule has 36 heteroatoms. The first-order valence-corrected chi connectivity index (χ1v) is 29.0. The fourth-order valence-electron chi connectivity index (χ4n) is 13.6. The minimum Gasteiger partial charge on any atom is -0.312 e. The zero-order valence-electron chi connectivity index (χ0n) is 52.1. The molecule has 12 aromatic carbocycles. The monoisotopic (exact) mass is 1150 g/mol. The minimum absolute atomic E-state index is 0.00138. The van der Waals surface area contributed by atoms with Gasteiger partial charge >= 0.3 is 0 Å². The second-order valence-corrected chi connectivity index (χ2v) is 24.0. The molecule has 364 valence electrons. The Hall–Kier alpha value is -5.99. The molecule has 12 rings (SSSR count). The molecule has 12 aromatic rings. The van der Waals surface area contributed by atoms with Gasteiger partial charge in [0.15, 0.2) is 0 Å². The van der Waals surface area contributed by atoms with E-state index in [1.54, 1.807) is 0 Å². The summed E-state index contributed by atoms with van der Waals surface area (Å²) in [7, 11) is 238. The van der Waals surface area contributed by atoms with Gasteiger partial charge in [-0.15, -0.1) is 60.1 Å². The normalized spacial score (nSPS) is 11.7. The number of benzene rings is 12. The Labute approximate surface area is 617 Å². The van der Waals surface area contributed by atoms with Gasteiger partial charge in [0.25, 0.3) is 0 Å². The van der Waals surface area contributed by atoms with Crippen LogP contribution in [0, 0.1) is 0 Å². The SMILES string of the molecule is [B]c1cc2c(-c3c([B])cc(N(c4cc([B])c(-c5c([B])cc(-c6c([B])c([B])c([B])c7c([B])c([B])c([B])c([B])c67)c([B])c5[B])c([B])c4[B])c4c([B])cc(-c5c([B])c6c([B])c([B])c([B])c([B])c6c6c([B])c([B])c([B])c([B])c56)c([B])c4[B])cc3[B])c([B])c3c([B])c([B])c([B])c([B])c3c2c([B])c1[B]. The Morgan fingerprint density at radius 1 is 0.163 bits per heavy atom. The molecule has 0 aliphatic rings. The summed E-state index contributed by atoms with van der Waals surface area (Å²) in [6.45, 7) is 0. The van der Waals surface area contributed by atoms with E-state index < -0.39 is 0 Å². The van der Waals surface area contributed by atoms with Crippen LogP contribution in [-0.4, -0.2) is 275 Å². The van der Waals surface area contributed by atoms with Crippen molar-refractivity contribution in [3.63, 3.8) is 0 Å². The van der Waals surface area contributed by atoms with Crippen LogP contribution in [0.1, 0.15) is 0 Å². The van der Waals surface area contributed by atoms with Crippen LogP contribution in [0.2, 0.25) is 0 Å². The summed E-state index contributed by atoms with van der Waals surface area (Å²) < 4.78 is 0. The summed E-state index contributed by atoms with van der Waals surface area (Å²) in [4.78, 5) is 1.42. The minimum atomic E-state index is -0.272. The largest absolute Gasteiger partial charge is 0.312 e. The van der Waals surface area contributed by atoms with Crippen LogP contribution in [0.25, 0.3) is 98.4 Å². The highest BCUT2D eigenvalue weighted by atomic mass is 15.1. The first kappa shape index (κ1) is 71.8. The van der Waals surface area contributed by atoms with Gasteiger partial charge in [-0.2, -0.15) is 0 Å². The second kappa shape index (κ2) is 25.2. The maximum Gasteiger partial charge on any atom is 0.116 e. The first-order chi connectivity index (χ1) is 45.8. The van der Waals surface area contributed by atoms with Crippen molar-refractivity contribution in [2.24, 2.45) is 0 Å². The van der Waals surface area contributed by atoms with Crippen molar-refractivity contribution in [1.82, 2.24) is 0 Å². The molecule has 0 aliphatic heterocycles. The lowest BCUT2D eigenvalue weighted by atomic mass is 9.57. The smallest absolute Gasteiger partial charge is 0.116 e. The van der Waals surface area contributed by atoms with Crippen LogP contribution in [0.4, 0.5) is 17.1 Å². The third kappa shape index (κ3) is 10.1. The molecule has 0 heterocycles. The van der Waals surface area contributed by atoms with Gasteiger partial charge in [-0.3, -0.25) is 0 Å². The van der Waals surface area contributed by atoms with Gasteiger partial charge in [-0.25, -0.2) is 0 Å². The number of fused-ring (bicyclic) bond motifs is 7. The predicted molar refractivity (Wildman–Crippen MR) is 459 cm³/mol. The van der Waals surface area contributed by atoms with Crippen LogP contribution >= 0.6 is 0 Å². The first-order valence-electron chi connectivity index (χ1n) is 29.0. The van der Waals surface area contributed by atoms with Gasteiger partial charge in [0.05, 0.1) is 0 Å². The van der Waals surface area contributed by atoms with Crippen molar-refractivity contribution in [3.8, 4) is 44.5 Å². The van der Waals surface area contributed by atoms with Crippen molar-refractivity contribution in [2.75, 3.05) is 4.90 Å². The van der Waals surface area contributed by atoms with Crippen LogP contribution in [-0.2, 0) is 0 Å². The number of rotatable bonds is 7. The molecule has 0 atom stereocenters. The maximum absolute atomic E-state index is 7.38. The molecule has 0 unspecified atom stereocenters. The van der Waals surface area contributed by atoms with Gasteiger partial charge in [-0.05, 0) is 117 Å². The fraction of sp³-hybridized carbons (Fsp3) is 0. The molecular weight excluding hydrogens is 1140 g/mol. The zero-order valence-corrected chi connectivity index (χ0v) is 52.1. The second-order valence-electron chi connectivity index (χ2n) is 24.0. The topological polar surface area (TPSA) is 3.24 Å². The number of anilines is 3. The lowest BCUT2D eigenvalue weighted by Crippen LogP contribution is -2.52. The van der Waals surface area contributed by atoms with Crippen molar-refractivity contribution < 1.29 is 0 Å². The fourth-order valence-corrected chi connectivity index (χ4v) is 13.6. The molecule has 0 aromatic heterocycles. The molecule has 0 amide bonds. The quantitative estimate of drug-likeness (QED) is 0.114. The molecular formula is C62H6B35N. The summed E-state index contributed by atoms with van der Waals surface area (Å²) in [6, 6.07) is 8.70. The van der Waals surface area contributed by atoms with E-state index >= 15 is 0 Å². The van der Waals surface area contributed by atoms with Gasteiger partial charge < -0.3 is 4.90 Å². The van der Waals surface area contributed by atoms with Gasteiger partial charge in [0, 0.05) is 17.1 Å². The highest BCUT2D eigenvalue weighted by Crippen LogP contribution is 2.36. The van der Waals surface area contributed by atoms with Crippen LogP contribution in [0.3, 0.4) is 0 Å². The van der Waals surface area contributed by atoms with E-state index in [0.717, 1.165) is 0 Å². The number of nitrogens with zero attached hydrogens (tertiary/aromatic N) is 1.